The monoisotopic (exact) mass is 358 g/mol. The molecule has 26 heavy (non-hydrogen) atoms. The standard InChI is InChI=1S/C18H16F2N4O2/c1-23-17(26)15(12-5-6-14(25)24(10-12)8-7-19)16(22-18(23)21)11-3-2-4-13(20)9-11/h2-6,9-10H,7-8H2,1H3,(H2,21,22). The van der Waals surface area contributed by atoms with Crippen LogP contribution in [0.4, 0.5) is 14.7 Å². The Kier molecular flexibility index (Phi) is 4.66. The molecule has 1 aromatic carbocycles. The molecule has 0 unspecified atom stereocenters. The number of anilines is 1. The Morgan fingerprint density at radius 3 is 2.62 bits per heavy atom. The average Bonchev–Trinajstić information content (AvgIpc) is 2.62. The Hall–Kier alpha value is -3.29. The highest BCUT2D eigenvalue weighted by Crippen LogP contribution is 2.28. The van der Waals surface area contributed by atoms with Crippen LogP contribution >= 0.6 is 0 Å². The Labute approximate surface area is 147 Å². The molecule has 0 aliphatic rings. The third kappa shape index (κ3) is 3.13. The van der Waals surface area contributed by atoms with Crippen LogP contribution in [0, 0.1) is 5.82 Å². The molecule has 0 atom stereocenters. The molecule has 0 bridgehead atoms. The van der Waals surface area contributed by atoms with Crippen molar-refractivity contribution < 1.29 is 8.78 Å². The van der Waals surface area contributed by atoms with Gasteiger partial charge in [0.05, 0.1) is 17.8 Å². The highest BCUT2D eigenvalue weighted by atomic mass is 19.1. The summed E-state index contributed by atoms with van der Waals surface area (Å²) in [4.78, 5) is 28.9. The van der Waals surface area contributed by atoms with Gasteiger partial charge in [-0.2, -0.15) is 0 Å². The van der Waals surface area contributed by atoms with E-state index in [1.54, 1.807) is 6.07 Å². The number of aromatic nitrogens is 3. The second-order valence-electron chi connectivity index (χ2n) is 5.71. The maximum absolute atomic E-state index is 13.7. The number of rotatable bonds is 4. The molecule has 0 aliphatic heterocycles. The van der Waals surface area contributed by atoms with E-state index in [1.165, 1.54) is 48.1 Å². The van der Waals surface area contributed by atoms with Crippen LogP contribution in [0.1, 0.15) is 0 Å². The fourth-order valence-electron chi connectivity index (χ4n) is 2.67. The molecule has 134 valence electrons. The van der Waals surface area contributed by atoms with E-state index in [9.17, 15) is 18.4 Å². The normalized spacial score (nSPS) is 10.9. The van der Waals surface area contributed by atoms with E-state index < -0.39 is 18.1 Å². The van der Waals surface area contributed by atoms with E-state index in [1.807, 2.05) is 0 Å². The molecule has 0 amide bonds. The van der Waals surface area contributed by atoms with Gasteiger partial charge in [-0.3, -0.25) is 14.2 Å². The molecule has 2 aromatic heterocycles. The summed E-state index contributed by atoms with van der Waals surface area (Å²) in [6.45, 7) is -0.858. The molecule has 0 spiro atoms. The molecular formula is C18H16F2N4O2. The van der Waals surface area contributed by atoms with E-state index >= 15 is 0 Å². The summed E-state index contributed by atoms with van der Waals surface area (Å²) in [5.74, 6) is -0.521. The first-order valence-corrected chi connectivity index (χ1v) is 7.81. The predicted octanol–water partition coefficient (Wildman–Crippen LogP) is 1.97. The van der Waals surface area contributed by atoms with Crippen molar-refractivity contribution in [1.82, 2.24) is 14.1 Å². The van der Waals surface area contributed by atoms with Gasteiger partial charge in [-0.05, 0) is 18.2 Å². The van der Waals surface area contributed by atoms with Crippen molar-refractivity contribution in [2.75, 3.05) is 12.4 Å². The number of nitrogens with zero attached hydrogens (tertiary/aromatic N) is 3. The van der Waals surface area contributed by atoms with Gasteiger partial charge in [0.25, 0.3) is 11.1 Å². The number of hydrogen-bond donors (Lipinski definition) is 1. The minimum atomic E-state index is -0.724. The number of alkyl halides is 1. The second kappa shape index (κ2) is 6.91. The van der Waals surface area contributed by atoms with Crippen LogP contribution in [0.3, 0.4) is 0 Å². The zero-order valence-corrected chi connectivity index (χ0v) is 13.9. The lowest BCUT2D eigenvalue weighted by Crippen LogP contribution is -2.25. The van der Waals surface area contributed by atoms with Crippen LogP contribution < -0.4 is 16.9 Å². The van der Waals surface area contributed by atoms with Crippen LogP contribution in [0.2, 0.25) is 0 Å². The number of pyridine rings is 1. The molecule has 6 nitrogen and oxygen atoms in total. The van der Waals surface area contributed by atoms with Gasteiger partial charge in [0, 0.05) is 30.4 Å². The first-order valence-electron chi connectivity index (χ1n) is 7.81. The first-order chi connectivity index (χ1) is 12.4. The van der Waals surface area contributed by atoms with Crippen LogP contribution in [0.5, 0.6) is 0 Å². The van der Waals surface area contributed by atoms with Gasteiger partial charge >= 0.3 is 0 Å². The van der Waals surface area contributed by atoms with Crippen LogP contribution in [-0.4, -0.2) is 20.8 Å². The highest BCUT2D eigenvalue weighted by Gasteiger charge is 2.18. The lowest BCUT2D eigenvalue weighted by atomic mass is 10.0. The summed E-state index contributed by atoms with van der Waals surface area (Å²) >= 11 is 0. The topological polar surface area (TPSA) is 82.9 Å². The van der Waals surface area contributed by atoms with Crippen molar-refractivity contribution >= 4 is 5.95 Å². The molecule has 0 radical (unpaired) electrons. The quantitative estimate of drug-likeness (QED) is 0.773. The summed E-state index contributed by atoms with van der Waals surface area (Å²) < 4.78 is 28.7. The van der Waals surface area contributed by atoms with Gasteiger partial charge in [-0.1, -0.05) is 12.1 Å². The Morgan fingerprint density at radius 2 is 1.92 bits per heavy atom. The second-order valence-corrected chi connectivity index (χ2v) is 5.71. The number of hydrogen-bond acceptors (Lipinski definition) is 4. The smallest absolute Gasteiger partial charge is 0.263 e. The third-order valence-corrected chi connectivity index (χ3v) is 4.02. The summed E-state index contributed by atoms with van der Waals surface area (Å²) in [6, 6.07) is 8.31. The van der Waals surface area contributed by atoms with Crippen molar-refractivity contribution in [3.63, 3.8) is 0 Å². The highest BCUT2D eigenvalue weighted by molar-refractivity contribution is 5.80. The summed E-state index contributed by atoms with van der Waals surface area (Å²) in [7, 11) is 1.46. The van der Waals surface area contributed by atoms with Gasteiger partial charge in [0.2, 0.25) is 5.95 Å². The molecule has 0 saturated heterocycles. The maximum Gasteiger partial charge on any atom is 0.263 e. The van der Waals surface area contributed by atoms with Crippen LogP contribution in [0.25, 0.3) is 22.4 Å². The minimum absolute atomic E-state index is 0.0323. The maximum atomic E-state index is 13.7. The lowest BCUT2D eigenvalue weighted by molar-refractivity contribution is 0.440. The van der Waals surface area contributed by atoms with Gasteiger partial charge in [0.1, 0.15) is 12.5 Å². The van der Waals surface area contributed by atoms with E-state index in [0.29, 0.717) is 11.1 Å². The third-order valence-electron chi connectivity index (χ3n) is 4.02. The van der Waals surface area contributed by atoms with Crippen LogP contribution in [-0.2, 0) is 13.6 Å². The van der Waals surface area contributed by atoms with Crippen molar-refractivity contribution in [1.29, 1.82) is 0 Å². The molecule has 0 saturated carbocycles. The van der Waals surface area contributed by atoms with E-state index in [0.717, 1.165) is 4.57 Å². The zero-order valence-electron chi connectivity index (χ0n) is 13.9. The fourth-order valence-corrected chi connectivity index (χ4v) is 2.67. The molecule has 0 fully saturated rings. The van der Waals surface area contributed by atoms with Gasteiger partial charge in [0.15, 0.2) is 0 Å². The summed E-state index contributed by atoms with van der Waals surface area (Å²) in [5.41, 5.74) is 6.03. The Balaban J connectivity index is 2.34. The molecule has 8 heteroatoms. The molecule has 0 aliphatic carbocycles. The lowest BCUT2D eigenvalue weighted by Gasteiger charge is -2.13. The molecular weight excluding hydrogens is 342 g/mol. The first kappa shape index (κ1) is 17.5. The van der Waals surface area contributed by atoms with Crippen LogP contribution in [0.15, 0.2) is 52.2 Å². The van der Waals surface area contributed by atoms with E-state index in [4.69, 9.17) is 5.73 Å². The van der Waals surface area contributed by atoms with Crippen molar-refractivity contribution in [2.45, 2.75) is 6.54 Å². The predicted molar refractivity (Wildman–Crippen MR) is 95.0 cm³/mol. The number of nitrogen functional groups attached to an aromatic ring is 1. The van der Waals surface area contributed by atoms with Gasteiger partial charge in [-0.15, -0.1) is 0 Å². The van der Waals surface area contributed by atoms with Crippen molar-refractivity contribution in [2.24, 2.45) is 7.05 Å². The average molecular weight is 358 g/mol. The molecule has 2 heterocycles. The number of benzene rings is 1. The number of nitrogens with two attached hydrogens (primary N) is 1. The fraction of sp³-hybridized carbons (Fsp3) is 0.167. The van der Waals surface area contributed by atoms with Gasteiger partial charge in [-0.25, -0.2) is 13.8 Å². The van der Waals surface area contributed by atoms with Crippen molar-refractivity contribution in [3.05, 3.63) is 69.1 Å². The number of halogens is 2. The summed E-state index contributed by atoms with van der Waals surface area (Å²) in [6.07, 6.45) is 1.39. The van der Waals surface area contributed by atoms with E-state index in [-0.39, 0.29) is 29.3 Å². The SMILES string of the molecule is Cn1c(N)nc(-c2cccc(F)c2)c(-c2ccc(=O)n(CCF)c2)c1=O. The summed E-state index contributed by atoms with van der Waals surface area (Å²) in [5, 5.41) is 0. The Bertz CT molecular complexity index is 1090. The minimum Gasteiger partial charge on any atom is -0.369 e. The number of aryl methyl sites for hydroxylation is 1. The van der Waals surface area contributed by atoms with Crippen molar-refractivity contribution in [3.8, 4) is 22.4 Å². The zero-order chi connectivity index (χ0) is 18.8. The molecule has 3 aromatic rings. The van der Waals surface area contributed by atoms with E-state index in [2.05, 4.69) is 4.98 Å². The molecule has 2 N–H and O–H groups in total. The largest absolute Gasteiger partial charge is 0.369 e. The molecule has 3 rings (SSSR count). The van der Waals surface area contributed by atoms with Gasteiger partial charge < -0.3 is 10.3 Å². The Morgan fingerprint density at radius 1 is 1.15 bits per heavy atom.